The van der Waals surface area contributed by atoms with Crippen LogP contribution in [-0.2, 0) is 24.2 Å². The first-order valence-corrected chi connectivity index (χ1v) is 6.91. The average molecular weight is 285 g/mol. The Balaban J connectivity index is 1.84. The van der Waals surface area contributed by atoms with Crippen molar-refractivity contribution in [2.45, 2.75) is 25.4 Å². The number of halogens is 1. The molecule has 0 fully saturated rings. The molecule has 108 valence electrons. The van der Waals surface area contributed by atoms with Crippen LogP contribution in [-0.4, -0.2) is 6.09 Å². The van der Waals surface area contributed by atoms with Gasteiger partial charge >= 0.3 is 6.09 Å². The van der Waals surface area contributed by atoms with Crippen LogP contribution in [0.25, 0.3) is 0 Å². The van der Waals surface area contributed by atoms with E-state index in [0.717, 1.165) is 29.5 Å². The lowest BCUT2D eigenvalue weighted by Crippen LogP contribution is -2.14. The molecule has 1 atom stereocenters. The molecule has 0 saturated heterocycles. The minimum Gasteiger partial charge on any atom is -0.445 e. The molecule has 3 nitrogen and oxygen atoms in total. The first kappa shape index (κ1) is 13.6. The van der Waals surface area contributed by atoms with Crippen molar-refractivity contribution < 1.29 is 13.9 Å². The van der Waals surface area contributed by atoms with E-state index in [1.807, 2.05) is 30.3 Å². The maximum atomic E-state index is 13.3. The molecule has 21 heavy (non-hydrogen) atoms. The van der Waals surface area contributed by atoms with E-state index in [1.165, 1.54) is 11.6 Å². The van der Waals surface area contributed by atoms with Crippen molar-refractivity contribution in [3.05, 3.63) is 70.5 Å². The number of primary amides is 1. The van der Waals surface area contributed by atoms with Crippen LogP contribution in [0.1, 0.15) is 28.2 Å². The molecule has 3 rings (SSSR count). The fourth-order valence-electron chi connectivity index (χ4n) is 3.02. The van der Waals surface area contributed by atoms with E-state index in [1.54, 1.807) is 6.07 Å². The molecule has 4 heteroatoms. The van der Waals surface area contributed by atoms with Crippen LogP contribution in [0.4, 0.5) is 9.18 Å². The van der Waals surface area contributed by atoms with E-state index in [2.05, 4.69) is 0 Å². The Morgan fingerprint density at radius 1 is 1.19 bits per heavy atom. The number of rotatable bonds is 3. The van der Waals surface area contributed by atoms with Crippen LogP contribution in [0.5, 0.6) is 0 Å². The molecule has 0 aromatic heterocycles. The Morgan fingerprint density at radius 3 is 2.76 bits per heavy atom. The van der Waals surface area contributed by atoms with Crippen LogP contribution in [0, 0.1) is 5.82 Å². The van der Waals surface area contributed by atoms with Crippen molar-refractivity contribution in [1.82, 2.24) is 0 Å². The molecule has 2 aromatic carbocycles. The standard InChI is InChI=1S/C17H16FNO2/c18-15-6-5-11-7-14(8-13(11)9-15)16-4-2-1-3-12(16)10-21-17(19)20/h1-6,9,14H,7-8,10H2,(H2,19,20)/t14-/m1/s1. The van der Waals surface area contributed by atoms with Gasteiger partial charge in [-0.25, -0.2) is 9.18 Å². The molecule has 1 aliphatic carbocycles. The topological polar surface area (TPSA) is 52.3 Å². The summed E-state index contributed by atoms with van der Waals surface area (Å²) in [5.74, 6) is 0.0919. The lowest BCUT2D eigenvalue weighted by Gasteiger charge is -2.15. The van der Waals surface area contributed by atoms with E-state index in [-0.39, 0.29) is 18.3 Å². The third-order valence-electron chi connectivity index (χ3n) is 3.97. The van der Waals surface area contributed by atoms with Gasteiger partial charge in [0, 0.05) is 0 Å². The van der Waals surface area contributed by atoms with Crippen molar-refractivity contribution in [3.8, 4) is 0 Å². The molecule has 0 heterocycles. The Kier molecular flexibility index (Phi) is 3.60. The largest absolute Gasteiger partial charge is 0.445 e. The van der Waals surface area contributed by atoms with Gasteiger partial charge in [0.1, 0.15) is 12.4 Å². The summed E-state index contributed by atoms with van der Waals surface area (Å²) < 4.78 is 18.2. The van der Waals surface area contributed by atoms with Gasteiger partial charge in [0.15, 0.2) is 0 Å². The molecule has 0 saturated carbocycles. The monoisotopic (exact) mass is 285 g/mol. The highest BCUT2D eigenvalue weighted by atomic mass is 19.1. The van der Waals surface area contributed by atoms with Gasteiger partial charge in [-0.2, -0.15) is 0 Å². The Morgan fingerprint density at radius 2 is 1.95 bits per heavy atom. The molecule has 0 radical (unpaired) electrons. The van der Waals surface area contributed by atoms with Crippen LogP contribution >= 0.6 is 0 Å². The highest BCUT2D eigenvalue weighted by Crippen LogP contribution is 2.35. The number of amides is 1. The predicted octanol–water partition coefficient (Wildman–Crippen LogP) is 3.30. The van der Waals surface area contributed by atoms with E-state index >= 15 is 0 Å². The van der Waals surface area contributed by atoms with E-state index in [9.17, 15) is 9.18 Å². The number of hydrogen-bond acceptors (Lipinski definition) is 2. The van der Waals surface area contributed by atoms with Gasteiger partial charge in [0.25, 0.3) is 0 Å². The quantitative estimate of drug-likeness (QED) is 0.940. The second-order valence-corrected chi connectivity index (χ2v) is 5.32. The molecular formula is C17H16FNO2. The van der Waals surface area contributed by atoms with Crippen LogP contribution in [0.15, 0.2) is 42.5 Å². The first-order valence-electron chi connectivity index (χ1n) is 6.91. The summed E-state index contributed by atoms with van der Waals surface area (Å²) in [5.41, 5.74) is 9.36. The summed E-state index contributed by atoms with van der Waals surface area (Å²) in [6.07, 6.45) is 0.908. The van der Waals surface area contributed by atoms with Gasteiger partial charge in [-0.1, -0.05) is 30.3 Å². The Hall–Kier alpha value is -2.36. The molecule has 1 aliphatic rings. The molecule has 1 amide bonds. The number of benzene rings is 2. The molecule has 2 N–H and O–H groups in total. The maximum Gasteiger partial charge on any atom is 0.404 e. The van der Waals surface area contributed by atoms with Crippen molar-refractivity contribution in [1.29, 1.82) is 0 Å². The SMILES string of the molecule is NC(=O)OCc1ccccc1[C@@H]1Cc2ccc(F)cc2C1. The summed E-state index contributed by atoms with van der Waals surface area (Å²) in [5, 5.41) is 0. The third kappa shape index (κ3) is 2.89. The minimum atomic E-state index is -0.776. The second kappa shape index (κ2) is 5.56. The lowest BCUT2D eigenvalue weighted by atomic mass is 9.92. The Bertz CT molecular complexity index is 684. The summed E-state index contributed by atoms with van der Waals surface area (Å²) >= 11 is 0. The fraction of sp³-hybridized carbons (Fsp3) is 0.235. The lowest BCUT2D eigenvalue weighted by molar-refractivity contribution is 0.150. The van der Waals surface area contributed by atoms with Gasteiger partial charge in [-0.15, -0.1) is 0 Å². The summed E-state index contributed by atoms with van der Waals surface area (Å²) in [6.45, 7) is 0.173. The number of fused-ring (bicyclic) bond motifs is 1. The minimum absolute atomic E-state index is 0.173. The summed E-state index contributed by atoms with van der Waals surface area (Å²) in [6, 6.07) is 12.8. The first-order chi connectivity index (χ1) is 10.1. The predicted molar refractivity (Wildman–Crippen MR) is 77.4 cm³/mol. The Labute approximate surface area is 122 Å². The van der Waals surface area contributed by atoms with Gasteiger partial charge in [0.05, 0.1) is 0 Å². The van der Waals surface area contributed by atoms with Crippen LogP contribution < -0.4 is 5.73 Å². The second-order valence-electron chi connectivity index (χ2n) is 5.32. The number of nitrogens with two attached hydrogens (primary N) is 1. The maximum absolute atomic E-state index is 13.3. The normalized spacial score (nSPS) is 16.5. The third-order valence-corrected chi connectivity index (χ3v) is 3.97. The van der Waals surface area contributed by atoms with Crippen molar-refractivity contribution in [2.24, 2.45) is 5.73 Å². The van der Waals surface area contributed by atoms with Gasteiger partial charge in [-0.3, -0.25) is 0 Å². The molecule has 0 bridgehead atoms. The smallest absolute Gasteiger partial charge is 0.404 e. The fourth-order valence-corrected chi connectivity index (χ4v) is 3.02. The van der Waals surface area contributed by atoms with Crippen molar-refractivity contribution in [2.75, 3.05) is 0 Å². The average Bonchev–Trinajstić information content (AvgIpc) is 2.88. The van der Waals surface area contributed by atoms with Crippen LogP contribution in [0.3, 0.4) is 0 Å². The van der Waals surface area contributed by atoms with Crippen molar-refractivity contribution >= 4 is 6.09 Å². The highest BCUT2D eigenvalue weighted by Gasteiger charge is 2.25. The van der Waals surface area contributed by atoms with Gasteiger partial charge in [-0.05, 0) is 53.1 Å². The molecule has 2 aromatic rings. The van der Waals surface area contributed by atoms with Crippen molar-refractivity contribution in [3.63, 3.8) is 0 Å². The number of carbonyl (C=O) groups is 1. The van der Waals surface area contributed by atoms with Crippen LogP contribution in [0.2, 0.25) is 0 Å². The summed E-state index contributed by atoms with van der Waals surface area (Å²) in [4.78, 5) is 10.8. The van der Waals surface area contributed by atoms with Gasteiger partial charge in [0.2, 0.25) is 0 Å². The highest BCUT2D eigenvalue weighted by molar-refractivity contribution is 5.64. The number of ether oxygens (including phenoxy) is 1. The van der Waals surface area contributed by atoms with E-state index in [0.29, 0.717) is 0 Å². The zero-order chi connectivity index (χ0) is 14.8. The van der Waals surface area contributed by atoms with E-state index in [4.69, 9.17) is 10.5 Å². The zero-order valence-electron chi connectivity index (χ0n) is 11.5. The van der Waals surface area contributed by atoms with Gasteiger partial charge < -0.3 is 10.5 Å². The number of carbonyl (C=O) groups excluding carboxylic acids is 1. The summed E-state index contributed by atoms with van der Waals surface area (Å²) in [7, 11) is 0. The molecule has 0 unspecified atom stereocenters. The molecule has 0 spiro atoms. The molecular weight excluding hydrogens is 269 g/mol. The number of hydrogen-bond donors (Lipinski definition) is 1. The zero-order valence-corrected chi connectivity index (χ0v) is 11.5. The van der Waals surface area contributed by atoms with E-state index < -0.39 is 6.09 Å². The molecule has 0 aliphatic heterocycles.